The van der Waals surface area contributed by atoms with Crippen molar-refractivity contribution in [3.63, 3.8) is 0 Å². The highest BCUT2D eigenvalue weighted by atomic mass is 32.1. The molecule has 1 aliphatic heterocycles. The molecule has 0 bridgehead atoms. The van der Waals surface area contributed by atoms with E-state index in [-0.39, 0.29) is 5.97 Å². The number of rotatable bonds is 3. The van der Waals surface area contributed by atoms with Crippen molar-refractivity contribution < 1.29 is 9.53 Å². The van der Waals surface area contributed by atoms with Gasteiger partial charge in [0.1, 0.15) is 10.7 Å². The van der Waals surface area contributed by atoms with Gasteiger partial charge in [-0.25, -0.2) is 4.79 Å². The van der Waals surface area contributed by atoms with Crippen LogP contribution in [0.3, 0.4) is 0 Å². The summed E-state index contributed by atoms with van der Waals surface area (Å²) in [6, 6.07) is 14.8. The lowest BCUT2D eigenvalue weighted by molar-refractivity contribution is 0.0734. The normalized spacial score (nSPS) is 14.3. The molecule has 0 aliphatic carbocycles. The highest BCUT2D eigenvalue weighted by Crippen LogP contribution is 2.18. The fraction of sp³-hybridized carbons (Fsp3) is 0.300. The molecule has 2 aromatic rings. The van der Waals surface area contributed by atoms with Gasteiger partial charge in [0.2, 0.25) is 0 Å². The van der Waals surface area contributed by atoms with Crippen molar-refractivity contribution in [3.05, 3.63) is 65.2 Å². The maximum atomic E-state index is 12.2. The molecule has 124 valence electrons. The maximum Gasteiger partial charge on any atom is 0.343 e. The number of nitrogens with zero attached hydrogens (tertiary/aromatic N) is 1. The molecule has 1 saturated heterocycles. The average Bonchev–Trinajstić information content (AvgIpc) is 2.62. The lowest BCUT2D eigenvalue weighted by atomic mass is 10.1. The lowest BCUT2D eigenvalue weighted by Crippen LogP contribution is -2.34. The number of likely N-dealkylation sites (tertiary alicyclic amines) is 1. The predicted molar refractivity (Wildman–Crippen MR) is 99.7 cm³/mol. The second-order valence-electron chi connectivity index (χ2n) is 6.14. The van der Waals surface area contributed by atoms with Crippen molar-refractivity contribution >= 4 is 23.2 Å². The van der Waals surface area contributed by atoms with Gasteiger partial charge >= 0.3 is 5.97 Å². The van der Waals surface area contributed by atoms with E-state index < -0.39 is 0 Å². The number of hydrogen-bond acceptors (Lipinski definition) is 3. The average molecular weight is 339 g/mol. The molecular weight excluding hydrogens is 318 g/mol. The summed E-state index contributed by atoms with van der Waals surface area (Å²) in [7, 11) is 0. The Balaban J connectivity index is 1.66. The minimum absolute atomic E-state index is 0.343. The Morgan fingerprint density at radius 2 is 1.71 bits per heavy atom. The Hall–Kier alpha value is -2.20. The smallest absolute Gasteiger partial charge is 0.343 e. The molecule has 0 amide bonds. The molecule has 1 fully saturated rings. The zero-order chi connectivity index (χ0) is 16.9. The van der Waals surface area contributed by atoms with Crippen molar-refractivity contribution in [2.75, 3.05) is 13.1 Å². The Morgan fingerprint density at radius 3 is 2.38 bits per heavy atom. The first-order valence-corrected chi connectivity index (χ1v) is 8.72. The summed E-state index contributed by atoms with van der Waals surface area (Å²) < 4.78 is 5.44. The van der Waals surface area contributed by atoms with Gasteiger partial charge in [-0.2, -0.15) is 0 Å². The zero-order valence-corrected chi connectivity index (χ0v) is 14.6. The minimum Gasteiger partial charge on any atom is -0.423 e. The van der Waals surface area contributed by atoms with Crippen molar-refractivity contribution in [1.82, 2.24) is 4.90 Å². The second-order valence-corrected chi connectivity index (χ2v) is 6.52. The van der Waals surface area contributed by atoms with Crippen LogP contribution in [0.1, 0.15) is 40.7 Å². The van der Waals surface area contributed by atoms with Crippen LogP contribution in [0.4, 0.5) is 0 Å². The van der Waals surface area contributed by atoms with Gasteiger partial charge < -0.3 is 9.64 Å². The predicted octanol–water partition coefficient (Wildman–Crippen LogP) is 4.38. The molecule has 0 aromatic heterocycles. The molecule has 4 heteroatoms. The summed E-state index contributed by atoms with van der Waals surface area (Å²) in [5.74, 6) is 0.191. The Bertz CT molecular complexity index is 734. The summed E-state index contributed by atoms with van der Waals surface area (Å²) in [6.45, 7) is 4.01. The molecule has 3 nitrogen and oxygen atoms in total. The number of benzene rings is 2. The number of thiocarbonyl (C=S) groups is 1. The van der Waals surface area contributed by atoms with E-state index >= 15 is 0 Å². The van der Waals surface area contributed by atoms with E-state index in [1.54, 1.807) is 18.2 Å². The summed E-state index contributed by atoms with van der Waals surface area (Å²) in [6.07, 6.45) is 3.69. The molecule has 3 rings (SSSR count). The Morgan fingerprint density at radius 1 is 1.00 bits per heavy atom. The van der Waals surface area contributed by atoms with E-state index in [0.29, 0.717) is 11.3 Å². The highest BCUT2D eigenvalue weighted by molar-refractivity contribution is 7.80. The highest BCUT2D eigenvalue weighted by Gasteiger charge is 2.15. The number of ether oxygens (including phenoxy) is 1. The summed E-state index contributed by atoms with van der Waals surface area (Å²) >= 11 is 5.58. The van der Waals surface area contributed by atoms with E-state index in [0.717, 1.165) is 29.2 Å². The second kappa shape index (κ2) is 7.58. The molecule has 0 saturated carbocycles. The topological polar surface area (TPSA) is 29.5 Å². The van der Waals surface area contributed by atoms with Crippen LogP contribution in [-0.4, -0.2) is 28.9 Å². The lowest BCUT2D eigenvalue weighted by Gasteiger charge is -2.29. The standard InChI is InChI=1S/C20H21NO2S/c1-15-6-5-7-17(14-15)20(22)23-18-10-8-16(9-11-18)19(24)21-12-3-2-4-13-21/h5-11,14H,2-4,12-13H2,1H3. The minimum atomic E-state index is -0.343. The van der Waals surface area contributed by atoms with Crippen LogP contribution >= 0.6 is 12.2 Å². The largest absolute Gasteiger partial charge is 0.423 e. The van der Waals surface area contributed by atoms with E-state index in [9.17, 15) is 4.79 Å². The van der Waals surface area contributed by atoms with Gasteiger partial charge in [0, 0.05) is 18.7 Å². The summed E-state index contributed by atoms with van der Waals surface area (Å²) in [4.78, 5) is 15.3. The van der Waals surface area contributed by atoms with Crippen LogP contribution in [-0.2, 0) is 0 Å². The van der Waals surface area contributed by atoms with Crippen molar-refractivity contribution in [3.8, 4) is 5.75 Å². The fourth-order valence-corrected chi connectivity index (χ4v) is 3.20. The zero-order valence-electron chi connectivity index (χ0n) is 13.8. The van der Waals surface area contributed by atoms with E-state index in [2.05, 4.69) is 4.90 Å². The summed E-state index contributed by atoms with van der Waals surface area (Å²) in [5, 5.41) is 0. The summed E-state index contributed by atoms with van der Waals surface area (Å²) in [5.41, 5.74) is 2.59. The van der Waals surface area contributed by atoms with E-state index in [4.69, 9.17) is 17.0 Å². The number of piperidine rings is 1. The number of hydrogen-bond donors (Lipinski definition) is 0. The molecule has 0 radical (unpaired) electrons. The van der Waals surface area contributed by atoms with Crippen molar-refractivity contribution in [2.24, 2.45) is 0 Å². The number of carbonyl (C=O) groups excluding carboxylic acids is 1. The third-order valence-electron chi connectivity index (χ3n) is 4.21. The fourth-order valence-electron chi connectivity index (χ4n) is 2.88. The monoisotopic (exact) mass is 339 g/mol. The molecule has 0 unspecified atom stereocenters. The van der Waals surface area contributed by atoms with Gasteiger partial charge in [0.15, 0.2) is 0 Å². The van der Waals surface area contributed by atoms with Gasteiger partial charge in [-0.1, -0.05) is 29.9 Å². The first-order valence-electron chi connectivity index (χ1n) is 8.32. The first-order chi connectivity index (χ1) is 11.6. The van der Waals surface area contributed by atoms with Crippen LogP contribution in [0.25, 0.3) is 0 Å². The van der Waals surface area contributed by atoms with Gasteiger partial charge in [-0.15, -0.1) is 0 Å². The van der Waals surface area contributed by atoms with E-state index in [1.165, 1.54) is 19.3 Å². The van der Waals surface area contributed by atoms with Gasteiger partial charge in [0.25, 0.3) is 0 Å². The molecule has 24 heavy (non-hydrogen) atoms. The molecular formula is C20H21NO2S. The van der Waals surface area contributed by atoms with Gasteiger partial charge in [-0.05, 0) is 62.6 Å². The number of aryl methyl sites for hydroxylation is 1. The third kappa shape index (κ3) is 4.01. The maximum absolute atomic E-state index is 12.2. The molecule has 1 aliphatic rings. The van der Waals surface area contributed by atoms with Crippen LogP contribution < -0.4 is 4.74 Å². The quantitative estimate of drug-likeness (QED) is 0.472. The van der Waals surface area contributed by atoms with Gasteiger partial charge in [-0.3, -0.25) is 0 Å². The Labute approximate surface area is 148 Å². The SMILES string of the molecule is Cc1cccc(C(=O)Oc2ccc(C(=S)N3CCCCC3)cc2)c1. The third-order valence-corrected chi connectivity index (χ3v) is 4.70. The molecule has 0 spiro atoms. The van der Waals surface area contributed by atoms with Crippen LogP contribution in [0.2, 0.25) is 0 Å². The number of carbonyl (C=O) groups is 1. The van der Waals surface area contributed by atoms with Crippen molar-refractivity contribution in [2.45, 2.75) is 26.2 Å². The van der Waals surface area contributed by atoms with Crippen molar-refractivity contribution in [1.29, 1.82) is 0 Å². The molecule has 0 atom stereocenters. The van der Waals surface area contributed by atoms with Crippen LogP contribution in [0.5, 0.6) is 5.75 Å². The molecule has 1 heterocycles. The molecule has 2 aromatic carbocycles. The molecule has 0 N–H and O–H groups in total. The first kappa shape index (κ1) is 16.7. The van der Waals surface area contributed by atoms with Crippen LogP contribution in [0, 0.1) is 6.92 Å². The Kier molecular flexibility index (Phi) is 5.26. The van der Waals surface area contributed by atoms with Gasteiger partial charge in [0.05, 0.1) is 5.56 Å². The van der Waals surface area contributed by atoms with E-state index in [1.807, 2.05) is 37.3 Å². The number of esters is 1. The van der Waals surface area contributed by atoms with Crippen LogP contribution in [0.15, 0.2) is 48.5 Å².